The van der Waals surface area contributed by atoms with Gasteiger partial charge in [-0.3, -0.25) is 9.78 Å². The fraction of sp³-hybridized carbons (Fsp3) is 0.133. The maximum Gasteiger partial charge on any atom is 0.264 e. The molecule has 0 spiro atoms. The summed E-state index contributed by atoms with van der Waals surface area (Å²) >= 11 is 1.44. The minimum absolute atomic E-state index is 0.0648. The van der Waals surface area contributed by atoms with Gasteiger partial charge in [0, 0.05) is 35.0 Å². The Morgan fingerprint density at radius 2 is 2.13 bits per heavy atom. The number of hydrogen-bond donors (Lipinski definition) is 1. The van der Waals surface area contributed by atoms with Crippen molar-refractivity contribution in [3.05, 3.63) is 53.2 Å². The van der Waals surface area contributed by atoms with Gasteiger partial charge < -0.3 is 0 Å². The Kier molecular flexibility index (Phi) is 4.35. The highest BCUT2D eigenvalue weighted by Crippen LogP contribution is 2.21. The van der Waals surface area contributed by atoms with Crippen LogP contribution in [0.15, 0.2) is 52.4 Å². The highest BCUT2D eigenvalue weighted by molar-refractivity contribution is 7.90. The zero-order valence-corrected chi connectivity index (χ0v) is 13.6. The summed E-state index contributed by atoms with van der Waals surface area (Å²) in [6, 6.07) is 6.48. The molecule has 1 N–H and O–H groups in total. The average molecular weight is 347 g/mol. The van der Waals surface area contributed by atoms with Crippen molar-refractivity contribution in [1.82, 2.24) is 14.7 Å². The summed E-state index contributed by atoms with van der Waals surface area (Å²) in [6.07, 6.45) is 3.57. The number of carbonyl (C=O) groups excluding carboxylic acids is 1. The van der Waals surface area contributed by atoms with Gasteiger partial charge in [-0.2, -0.15) is 0 Å². The molecule has 0 saturated carbocycles. The molecular formula is C15H13N3O3S2. The van der Waals surface area contributed by atoms with Crippen LogP contribution in [0, 0.1) is 0 Å². The normalized spacial score (nSPS) is 11.5. The number of nitrogens with zero attached hydrogens (tertiary/aromatic N) is 2. The number of fused-ring (bicyclic) bond motifs is 1. The van der Waals surface area contributed by atoms with E-state index in [0.717, 1.165) is 5.69 Å². The molecule has 0 fully saturated rings. The van der Waals surface area contributed by atoms with Gasteiger partial charge in [-0.15, -0.1) is 11.3 Å². The van der Waals surface area contributed by atoms with Gasteiger partial charge in [0.25, 0.3) is 10.0 Å². The van der Waals surface area contributed by atoms with Crippen molar-refractivity contribution in [3.63, 3.8) is 0 Å². The molecule has 0 aliphatic carbocycles. The average Bonchev–Trinajstić information content (AvgIpc) is 3.05. The predicted molar refractivity (Wildman–Crippen MR) is 87.5 cm³/mol. The van der Waals surface area contributed by atoms with Crippen molar-refractivity contribution in [2.75, 3.05) is 0 Å². The first-order valence-electron chi connectivity index (χ1n) is 6.82. The smallest absolute Gasteiger partial charge is 0.264 e. The van der Waals surface area contributed by atoms with Crippen LogP contribution in [0.3, 0.4) is 0 Å². The second-order valence-corrected chi connectivity index (χ2v) is 7.23. The van der Waals surface area contributed by atoms with Gasteiger partial charge >= 0.3 is 0 Å². The van der Waals surface area contributed by atoms with Gasteiger partial charge in [-0.05, 0) is 18.6 Å². The summed E-state index contributed by atoms with van der Waals surface area (Å²) in [5.74, 6) is -0.552. The molecule has 3 aromatic rings. The van der Waals surface area contributed by atoms with Gasteiger partial charge in [0.15, 0.2) is 0 Å². The summed E-state index contributed by atoms with van der Waals surface area (Å²) in [5.41, 5.74) is 2.45. The lowest BCUT2D eigenvalue weighted by atomic mass is 10.2. The molecule has 0 unspecified atom stereocenters. The second-order valence-electron chi connectivity index (χ2n) is 4.86. The molecule has 2 aromatic heterocycles. The van der Waals surface area contributed by atoms with Crippen LogP contribution >= 0.6 is 11.3 Å². The molecule has 0 radical (unpaired) electrons. The Labute approximate surface area is 137 Å². The highest BCUT2D eigenvalue weighted by Gasteiger charge is 2.20. The van der Waals surface area contributed by atoms with Crippen LogP contribution in [0.5, 0.6) is 0 Å². The third-order valence-corrected chi connectivity index (χ3v) is 5.34. The van der Waals surface area contributed by atoms with Gasteiger partial charge in [-0.1, -0.05) is 12.1 Å². The molecule has 1 amide bonds. The van der Waals surface area contributed by atoms with E-state index in [-0.39, 0.29) is 11.3 Å². The fourth-order valence-corrected chi connectivity index (χ4v) is 4.02. The Balaban J connectivity index is 1.79. The molecule has 8 heteroatoms. The Morgan fingerprint density at radius 3 is 2.91 bits per heavy atom. The van der Waals surface area contributed by atoms with Crippen LogP contribution in [0.4, 0.5) is 0 Å². The summed E-state index contributed by atoms with van der Waals surface area (Å²) in [4.78, 5) is 20.0. The molecule has 1 aromatic carbocycles. The number of rotatable bonds is 5. The zero-order chi connectivity index (χ0) is 16.3. The topological polar surface area (TPSA) is 89.0 Å². The maximum absolute atomic E-state index is 12.5. The summed E-state index contributed by atoms with van der Waals surface area (Å²) in [5, 5.41) is 3.06. The molecule has 0 bridgehead atoms. The minimum Gasteiger partial charge on any atom is -0.274 e. The van der Waals surface area contributed by atoms with Crippen molar-refractivity contribution in [3.8, 4) is 0 Å². The number of aromatic nitrogens is 2. The van der Waals surface area contributed by atoms with Crippen molar-refractivity contribution < 1.29 is 13.2 Å². The van der Waals surface area contributed by atoms with Crippen LogP contribution in [-0.2, 0) is 21.2 Å². The van der Waals surface area contributed by atoms with Gasteiger partial charge in [0.05, 0.1) is 16.1 Å². The van der Waals surface area contributed by atoms with Crippen molar-refractivity contribution in [1.29, 1.82) is 0 Å². The number of benzene rings is 1. The van der Waals surface area contributed by atoms with Gasteiger partial charge in [0.1, 0.15) is 0 Å². The number of nitrogens with one attached hydrogen (secondary N) is 1. The van der Waals surface area contributed by atoms with E-state index in [1.54, 1.807) is 29.9 Å². The summed E-state index contributed by atoms with van der Waals surface area (Å²) in [6.45, 7) is 0. The van der Waals surface area contributed by atoms with E-state index < -0.39 is 15.9 Å². The lowest BCUT2D eigenvalue weighted by Gasteiger charge is -2.09. The molecule has 2 heterocycles. The lowest BCUT2D eigenvalue weighted by Crippen LogP contribution is -2.30. The highest BCUT2D eigenvalue weighted by atomic mass is 32.2. The molecule has 0 saturated heterocycles. The number of hydrogen-bond acceptors (Lipinski definition) is 6. The number of aryl methyl sites for hydroxylation is 1. The third kappa shape index (κ3) is 3.54. The van der Waals surface area contributed by atoms with E-state index in [4.69, 9.17) is 0 Å². The predicted octanol–water partition coefficient (Wildman–Crippen LogP) is 2.13. The van der Waals surface area contributed by atoms with Crippen LogP contribution < -0.4 is 4.72 Å². The number of sulfonamides is 1. The van der Waals surface area contributed by atoms with Crippen LogP contribution in [-0.4, -0.2) is 24.3 Å². The molecular weight excluding hydrogens is 334 g/mol. The zero-order valence-electron chi connectivity index (χ0n) is 12.0. The van der Waals surface area contributed by atoms with Crippen molar-refractivity contribution in [2.45, 2.75) is 17.7 Å². The molecule has 23 heavy (non-hydrogen) atoms. The van der Waals surface area contributed by atoms with Crippen LogP contribution in [0.2, 0.25) is 0 Å². The van der Waals surface area contributed by atoms with E-state index in [2.05, 4.69) is 14.7 Å². The Hall–Kier alpha value is -2.32. The number of amides is 1. The molecule has 0 atom stereocenters. The second kappa shape index (κ2) is 6.43. The Morgan fingerprint density at radius 1 is 1.26 bits per heavy atom. The molecule has 0 aliphatic rings. The van der Waals surface area contributed by atoms with E-state index in [9.17, 15) is 13.2 Å². The lowest BCUT2D eigenvalue weighted by molar-refractivity contribution is -0.119. The van der Waals surface area contributed by atoms with Crippen LogP contribution in [0.25, 0.3) is 10.8 Å². The summed E-state index contributed by atoms with van der Waals surface area (Å²) in [7, 11) is -3.92. The third-order valence-electron chi connectivity index (χ3n) is 3.27. The molecule has 118 valence electrons. The SMILES string of the molecule is O=C(CCc1cscn1)NS(=O)(=O)c1cccc2cnccc12. The first kappa shape index (κ1) is 15.6. The van der Waals surface area contributed by atoms with Gasteiger partial charge in [0.2, 0.25) is 5.91 Å². The quantitative estimate of drug-likeness (QED) is 0.764. The largest absolute Gasteiger partial charge is 0.274 e. The number of thiazole rings is 1. The first-order valence-corrected chi connectivity index (χ1v) is 9.24. The van der Waals surface area contributed by atoms with E-state index >= 15 is 0 Å². The number of pyridine rings is 1. The van der Waals surface area contributed by atoms with Crippen LogP contribution in [0.1, 0.15) is 12.1 Å². The molecule has 6 nitrogen and oxygen atoms in total. The summed E-state index contributed by atoms with van der Waals surface area (Å²) < 4.78 is 27.0. The van der Waals surface area contributed by atoms with E-state index in [1.807, 2.05) is 5.38 Å². The first-order chi connectivity index (χ1) is 11.1. The van der Waals surface area contributed by atoms with Crippen molar-refractivity contribution >= 4 is 38.0 Å². The Bertz CT molecular complexity index is 932. The fourth-order valence-electron chi connectivity index (χ4n) is 2.19. The maximum atomic E-state index is 12.5. The van der Waals surface area contributed by atoms with Gasteiger partial charge in [-0.25, -0.2) is 18.1 Å². The van der Waals surface area contributed by atoms with E-state index in [1.165, 1.54) is 23.6 Å². The van der Waals surface area contributed by atoms with Crippen molar-refractivity contribution in [2.24, 2.45) is 0 Å². The minimum atomic E-state index is -3.92. The molecule has 0 aliphatic heterocycles. The monoisotopic (exact) mass is 347 g/mol. The number of carbonyl (C=O) groups is 1. The standard InChI is InChI=1S/C15H13N3O3S2/c19-15(5-4-12-9-22-10-17-12)18-23(20,21)14-3-1-2-11-8-16-7-6-13(11)14/h1-3,6-10H,4-5H2,(H,18,19). The molecule has 3 rings (SSSR count). The van der Waals surface area contributed by atoms with E-state index in [0.29, 0.717) is 17.2 Å².